The molecule has 0 N–H and O–H groups in total. The smallest absolute Gasteiger partial charge is 0.143 e. The quantitative estimate of drug-likeness (QED) is 0.373. The van der Waals surface area contributed by atoms with Gasteiger partial charge < -0.3 is 18.9 Å². The number of rotatable bonds is 10. The lowest BCUT2D eigenvalue weighted by molar-refractivity contribution is 0.000161. The van der Waals surface area contributed by atoms with Crippen LogP contribution in [0, 0.1) is 0 Å². The van der Waals surface area contributed by atoms with Gasteiger partial charge in [-0.3, -0.25) is 4.90 Å². The van der Waals surface area contributed by atoms with Gasteiger partial charge in [-0.05, 0) is 79.4 Å². The van der Waals surface area contributed by atoms with Gasteiger partial charge in [0.25, 0.3) is 0 Å². The van der Waals surface area contributed by atoms with Gasteiger partial charge in [-0.25, -0.2) is 0 Å². The van der Waals surface area contributed by atoms with Gasteiger partial charge in [0, 0.05) is 12.6 Å². The summed E-state index contributed by atoms with van der Waals surface area (Å²) in [6.07, 6.45) is 2.50. The fraction of sp³-hybridized carbons (Fsp3) is 0.379. The van der Waals surface area contributed by atoms with Gasteiger partial charge in [0.2, 0.25) is 0 Å². The van der Waals surface area contributed by atoms with Gasteiger partial charge in [0.05, 0.1) is 27.9 Å². The largest absolute Gasteiger partial charge is 0.497 e. The Labute approximate surface area is 203 Å². The lowest BCUT2D eigenvalue weighted by atomic mass is 9.80. The van der Waals surface area contributed by atoms with E-state index in [1.807, 2.05) is 36.4 Å². The molecule has 0 radical (unpaired) electrons. The lowest BCUT2D eigenvalue weighted by Gasteiger charge is -2.37. The number of hydrogen-bond donors (Lipinski definition) is 0. The van der Waals surface area contributed by atoms with Crippen molar-refractivity contribution in [3.8, 4) is 17.2 Å². The second-order valence-electron chi connectivity index (χ2n) is 8.74. The highest BCUT2D eigenvalue weighted by Gasteiger charge is 2.38. The van der Waals surface area contributed by atoms with E-state index in [9.17, 15) is 0 Å². The maximum Gasteiger partial charge on any atom is 0.143 e. The number of ether oxygens (including phenoxy) is 4. The summed E-state index contributed by atoms with van der Waals surface area (Å²) < 4.78 is 23.3. The highest BCUT2D eigenvalue weighted by Crippen LogP contribution is 2.42. The monoisotopic (exact) mass is 461 g/mol. The van der Waals surface area contributed by atoms with E-state index in [0.717, 1.165) is 47.0 Å². The van der Waals surface area contributed by atoms with E-state index in [1.54, 1.807) is 21.3 Å². The molecule has 1 saturated heterocycles. The molecular formula is C29H35NO4. The number of nitrogens with zero attached hydrogens (tertiary/aromatic N) is 1. The first-order valence-electron chi connectivity index (χ1n) is 11.9. The third-order valence-electron chi connectivity index (χ3n) is 6.88. The van der Waals surface area contributed by atoms with Crippen molar-refractivity contribution in [2.24, 2.45) is 0 Å². The van der Waals surface area contributed by atoms with E-state index in [0.29, 0.717) is 12.6 Å². The zero-order chi connectivity index (χ0) is 24.0. The maximum atomic E-state index is 6.95. The second-order valence-corrected chi connectivity index (χ2v) is 8.74. The molecule has 1 unspecified atom stereocenters. The molecular weight excluding hydrogens is 426 g/mol. The molecule has 3 aromatic rings. The van der Waals surface area contributed by atoms with Crippen LogP contribution in [0.15, 0.2) is 72.8 Å². The summed E-state index contributed by atoms with van der Waals surface area (Å²) in [5, 5.41) is 0. The fourth-order valence-electron chi connectivity index (χ4n) is 4.87. The van der Waals surface area contributed by atoms with E-state index < -0.39 is 5.60 Å². The summed E-state index contributed by atoms with van der Waals surface area (Å²) in [4.78, 5) is 2.51. The third kappa shape index (κ3) is 4.91. The van der Waals surface area contributed by atoms with Crippen molar-refractivity contribution in [3.05, 3.63) is 89.5 Å². The average molecular weight is 462 g/mol. The number of hydrogen-bond acceptors (Lipinski definition) is 5. The van der Waals surface area contributed by atoms with Crippen LogP contribution < -0.4 is 14.2 Å². The summed E-state index contributed by atoms with van der Waals surface area (Å²) in [6.45, 7) is 4.93. The van der Waals surface area contributed by atoms with Crippen LogP contribution in [0.4, 0.5) is 0 Å². The lowest BCUT2D eigenvalue weighted by Crippen LogP contribution is -2.37. The van der Waals surface area contributed by atoms with E-state index >= 15 is 0 Å². The van der Waals surface area contributed by atoms with Gasteiger partial charge in [0.15, 0.2) is 0 Å². The highest BCUT2D eigenvalue weighted by atomic mass is 16.5. The first-order chi connectivity index (χ1) is 16.6. The average Bonchev–Trinajstić information content (AvgIpc) is 3.31. The van der Waals surface area contributed by atoms with E-state index in [1.165, 1.54) is 12.8 Å². The van der Waals surface area contributed by atoms with Gasteiger partial charge in [-0.15, -0.1) is 0 Å². The molecule has 0 saturated carbocycles. The van der Waals surface area contributed by atoms with Crippen molar-refractivity contribution < 1.29 is 18.9 Å². The summed E-state index contributed by atoms with van der Waals surface area (Å²) in [6, 6.07) is 25.1. The van der Waals surface area contributed by atoms with Crippen molar-refractivity contribution in [2.45, 2.75) is 31.4 Å². The molecule has 34 heavy (non-hydrogen) atoms. The summed E-state index contributed by atoms with van der Waals surface area (Å²) >= 11 is 0. The molecule has 1 atom stereocenters. The molecule has 4 rings (SSSR count). The van der Waals surface area contributed by atoms with E-state index in [-0.39, 0.29) is 0 Å². The third-order valence-corrected chi connectivity index (χ3v) is 6.88. The molecule has 1 aliphatic heterocycles. The van der Waals surface area contributed by atoms with Crippen LogP contribution in [-0.2, 0) is 10.3 Å². The second kappa shape index (κ2) is 10.9. The Morgan fingerprint density at radius 3 is 1.44 bits per heavy atom. The molecule has 1 aliphatic rings. The molecule has 0 aromatic heterocycles. The minimum Gasteiger partial charge on any atom is -0.497 e. The minimum atomic E-state index is -0.798. The molecule has 5 heteroatoms. The van der Waals surface area contributed by atoms with Crippen LogP contribution in [0.5, 0.6) is 17.2 Å². The Kier molecular flexibility index (Phi) is 7.76. The van der Waals surface area contributed by atoms with Crippen molar-refractivity contribution in [3.63, 3.8) is 0 Å². The number of likely N-dealkylation sites (tertiary alicyclic amines) is 1. The molecule has 0 aliphatic carbocycles. The van der Waals surface area contributed by atoms with Crippen molar-refractivity contribution in [1.82, 2.24) is 4.90 Å². The Balaban J connectivity index is 1.80. The van der Waals surface area contributed by atoms with Gasteiger partial charge in [0.1, 0.15) is 22.8 Å². The zero-order valence-corrected chi connectivity index (χ0v) is 20.6. The van der Waals surface area contributed by atoms with Crippen molar-refractivity contribution in [2.75, 3.05) is 41.0 Å². The highest BCUT2D eigenvalue weighted by molar-refractivity contribution is 5.50. The van der Waals surface area contributed by atoms with Crippen molar-refractivity contribution >= 4 is 0 Å². The topological polar surface area (TPSA) is 40.2 Å². The fourth-order valence-corrected chi connectivity index (χ4v) is 4.87. The van der Waals surface area contributed by atoms with E-state index in [4.69, 9.17) is 18.9 Å². The predicted molar refractivity (Wildman–Crippen MR) is 135 cm³/mol. The molecule has 180 valence electrons. The normalized spacial score (nSPS) is 16.4. The Hall–Kier alpha value is -3.02. The molecule has 0 bridgehead atoms. The first-order valence-corrected chi connectivity index (χ1v) is 11.9. The molecule has 0 spiro atoms. The number of benzene rings is 3. The summed E-state index contributed by atoms with van der Waals surface area (Å²) in [7, 11) is 5.05. The molecule has 1 fully saturated rings. The van der Waals surface area contributed by atoms with Crippen LogP contribution >= 0.6 is 0 Å². The van der Waals surface area contributed by atoms with E-state index in [2.05, 4.69) is 48.2 Å². The van der Waals surface area contributed by atoms with Gasteiger partial charge in [-0.2, -0.15) is 0 Å². The Morgan fingerprint density at radius 2 is 1.12 bits per heavy atom. The Morgan fingerprint density at radius 1 is 0.706 bits per heavy atom. The van der Waals surface area contributed by atoms with Crippen LogP contribution in [0.3, 0.4) is 0 Å². The predicted octanol–water partition coefficient (Wildman–Crippen LogP) is 5.51. The molecule has 5 nitrogen and oxygen atoms in total. The minimum absolute atomic E-state index is 0.598. The summed E-state index contributed by atoms with van der Waals surface area (Å²) in [5.41, 5.74) is 2.32. The standard InChI is InChI=1S/C29H35NO4/c1-22-6-5-19-30(22)20-21-34-29(23-7-13-26(31-2)14-8-23,24-9-15-27(32-3)16-10-24)25-11-17-28(33-4)18-12-25/h7-18,22H,5-6,19-21H2,1-4H3. The van der Waals surface area contributed by atoms with Gasteiger partial charge >= 0.3 is 0 Å². The molecule has 3 aromatic carbocycles. The van der Waals surface area contributed by atoms with Crippen LogP contribution in [0.2, 0.25) is 0 Å². The van der Waals surface area contributed by atoms with Gasteiger partial charge in [-0.1, -0.05) is 36.4 Å². The molecule has 1 heterocycles. The SMILES string of the molecule is COc1ccc(C(OCCN2CCCC2C)(c2ccc(OC)cc2)c2ccc(OC)cc2)cc1. The van der Waals surface area contributed by atoms with Crippen LogP contribution in [0.25, 0.3) is 0 Å². The zero-order valence-electron chi connectivity index (χ0n) is 20.6. The van der Waals surface area contributed by atoms with Crippen LogP contribution in [-0.4, -0.2) is 52.0 Å². The van der Waals surface area contributed by atoms with Crippen LogP contribution in [0.1, 0.15) is 36.5 Å². The first kappa shape index (κ1) is 24.1. The maximum absolute atomic E-state index is 6.95. The Bertz CT molecular complexity index is 916. The number of methoxy groups -OCH3 is 3. The van der Waals surface area contributed by atoms with Crippen molar-refractivity contribution in [1.29, 1.82) is 0 Å². The molecule has 0 amide bonds. The summed E-state index contributed by atoms with van der Waals surface area (Å²) in [5.74, 6) is 2.44.